The van der Waals surface area contributed by atoms with Crippen molar-refractivity contribution in [3.05, 3.63) is 41.1 Å². The molecule has 2 amide bonds. The first-order valence-corrected chi connectivity index (χ1v) is 6.98. The summed E-state index contributed by atoms with van der Waals surface area (Å²) in [4.78, 5) is 24.7. The number of carboxylic acids is 1. The maximum atomic E-state index is 12.2. The lowest BCUT2D eigenvalue weighted by molar-refractivity contribution is 0.0697. The minimum absolute atomic E-state index is 0.0570. The van der Waals surface area contributed by atoms with Gasteiger partial charge in [0.05, 0.1) is 5.69 Å². The Morgan fingerprint density at radius 2 is 1.86 bits per heavy atom. The number of urea groups is 1. The molecule has 0 aliphatic heterocycles. The summed E-state index contributed by atoms with van der Waals surface area (Å²) in [5.74, 6) is -1.09. The fourth-order valence-corrected chi connectivity index (χ4v) is 2.62. The molecule has 1 aromatic carbocycles. The van der Waals surface area contributed by atoms with Crippen LogP contribution in [0.4, 0.5) is 15.5 Å². The van der Waals surface area contributed by atoms with Gasteiger partial charge in [-0.2, -0.15) is 4.37 Å². The molecule has 0 atom stereocenters. The van der Waals surface area contributed by atoms with Gasteiger partial charge >= 0.3 is 12.0 Å². The van der Waals surface area contributed by atoms with Crippen molar-refractivity contribution in [2.45, 2.75) is 13.8 Å². The fraction of sp³-hybridized carbons (Fsp3) is 0.214. The molecule has 7 heteroatoms. The predicted octanol–water partition coefficient (Wildman–Crippen LogP) is 3.13. The Balaban J connectivity index is 2.20. The van der Waals surface area contributed by atoms with Crippen LogP contribution in [0.2, 0.25) is 0 Å². The molecule has 0 aliphatic rings. The first-order valence-electron chi connectivity index (χ1n) is 6.21. The highest BCUT2D eigenvalue weighted by atomic mass is 32.1. The number of aromatic carboxylic acids is 1. The molecule has 6 nitrogen and oxygen atoms in total. The quantitative estimate of drug-likeness (QED) is 0.912. The number of nitrogens with zero attached hydrogens (tertiary/aromatic N) is 2. The van der Waals surface area contributed by atoms with Crippen LogP contribution in [-0.2, 0) is 0 Å². The predicted molar refractivity (Wildman–Crippen MR) is 82.4 cm³/mol. The van der Waals surface area contributed by atoms with Gasteiger partial charge in [0.15, 0.2) is 0 Å². The summed E-state index contributed by atoms with van der Waals surface area (Å²) in [5.41, 5.74) is 2.20. The van der Waals surface area contributed by atoms with Crippen molar-refractivity contribution in [2.75, 3.05) is 17.3 Å². The Morgan fingerprint density at radius 1 is 1.24 bits per heavy atom. The first-order chi connectivity index (χ1) is 9.90. The van der Waals surface area contributed by atoms with Crippen LogP contribution in [0.3, 0.4) is 0 Å². The highest BCUT2D eigenvalue weighted by molar-refractivity contribution is 7.11. The van der Waals surface area contributed by atoms with Crippen molar-refractivity contribution in [2.24, 2.45) is 0 Å². The van der Waals surface area contributed by atoms with E-state index in [4.69, 9.17) is 0 Å². The van der Waals surface area contributed by atoms with Gasteiger partial charge in [-0.3, -0.25) is 4.90 Å². The largest absolute Gasteiger partial charge is 0.478 e. The van der Waals surface area contributed by atoms with Crippen molar-refractivity contribution in [1.29, 1.82) is 0 Å². The number of carbonyl (C=O) groups is 2. The third-order valence-electron chi connectivity index (χ3n) is 2.97. The second-order valence-electron chi connectivity index (χ2n) is 4.61. The Morgan fingerprint density at radius 3 is 2.43 bits per heavy atom. The summed E-state index contributed by atoms with van der Waals surface area (Å²) in [6.45, 7) is 3.56. The van der Waals surface area contributed by atoms with Gasteiger partial charge in [-0.15, -0.1) is 0 Å². The summed E-state index contributed by atoms with van der Waals surface area (Å²) in [6.07, 6.45) is 0. The maximum absolute atomic E-state index is 12.2. The van der Waals surface area contributed by atoms with Gasteiger partial charge in [0.1, 0.15) is 10.6 Å². The molecule has 0 bridgehead atoms. The lowest BCUT2D eigenvalue weighted by atomic mass is 10.2. The van der Waals surface area contributed by atoms with Crippen molar-refractivity contribution < 1.29 is 14.7 Å². The number of benzene rings is 1. The van der Waals surface area contributed by atoms with Crippen LogP contribution in [0.15, 0.2) is 24.3 Å². The highest BCUT2D eigenvalue weighted by Crippen LogP contribution is 2.28. The van der Waals surface area contributed by atoms with E-state index in [1.807, 2.05) is 19.1 Å². The molecule has 0 spiro atoms. The number of carbonyl (C=O) groups excluding carboxylic acids is 1. The van der Waals surface area contributed by atoms with E-state index in [1.54, 1.807) is 19.1 Å². The SMILES string of the molecule is Cc1ccc(NC(=O)N(C)c2snc(C)c2C(=O)O)cc1. The smallest absolute Gasteiger partial charge is 0.340 e. The van der Waals surface area contributed by atoms with E-state index in [0.717, 1.165) is 17.1 Å². The molecule has 110 valence electrons. The summed E-state index contributed by atoms with van der Waals surface area (Å²) in [6, 6.07) is 6.93. The van der Waals surface area contributed by atoms with Crippen molar-refractivity contribution in [1.82, 2.24) is 4.37 Å². The standard InChI is InChI=1S/C14H15N3O3S/c1-8-4-6-10(7-5-8)15-14(20)17(3)12-11(13(18)19)9(2)16-21-12/h4-7H,1-3H3,(H,15,20)(H,18,19). The summed E-state index contributed by atoms with van der Waals surface area (Å²) < 4.78 is 4.00. The average molecular weight is 305 g/mol. The molecule has 0 saturated heterocycles. The van der Waals surface area contributed by atoms with Crippen LogP contribution in [0.5, 0.6) is 0 Å². The van der Waals surface area contributed by atoms with Gasteiger partial charge in [0, 0.05) is 12.7 Å². The van der Waals surface area contributed by atoms with Gasteiger partial charge in [-0.25, -0.2) is 9.59 Å². The van der Waals surface area contributed by atoms with Crippen LogP contribution >= 0.6 is 11.5 Å². The molecule has 0 radical (unpaired) electrons. The molecule has 0 aliphatic carbocycles. The van der Waals surface area contributed by atoms with E-state index in [2.05, 4.69) is 9.69 Å². The van der Waals surface area contributed by atoms with Crippen molar-refractivity contribution in [3.8, 4) is 0 Å². The van der Waals surface area contributed by atoms with E-state index in [9.17, 15) is 14.7 Å². The normalized spacial score (nSPS) is 10.2. The second-order valence-corrected chi connectivity index (χ2v) is 5.36. The molecule has 2 rings (SSSR count). The number of anilines is 2. The van der Waals surface area contributed by atoms with E-state index in [1.165, 1.54) is 11.9 Å². The summed E-state index contributed by atoms with van der Waals surface area (Å²) in [7, 11) is 1.52. The number of aryl methyl sites for hydroxylation is 2. The van der Waals surface area contributed by atoms with Crippen LogP contribution < -0.4 is 10.2 Å². The third kappa shape index (κ3) is 3.19. The van der Waals surface area contributed by atoms with Gasteiger partial charge in [0.2, 0.25) is 0 Å². The Kier molecular flexibility index (Phi) is 4.23. The summed E-state index contributed by atoms with van der Waals surface area (Å²) >= 11 is 0.988. The number of amides is 2. The lowest BCUT2D eigenvalue weighted by Crippen LogP contribution is -2.31. The monoisotopic (exact) mass is 305 g/mol. The average Bonchev–Trinajstić information content (AvgIpc) is 2.82. The zero-order valence-corrected chi connectivity index (χ0v) is 12.7. The zero-order valence-electron chi connectivity index (χ0n) is 11.9. The number of aromatic nitrogens is 1. The molecule has 0 unspecified atom stereocenters. The van der Waals surface area contributed by atoms with E-state index < -0.39 is 12.0 Å². The van der Waals surface area contributed by atoms with Crippen LogP contribution in [0.1, 0.15) is 21.6 Å². The Bertz CT molecular complexity index is 679. The van der Waals surface area contributed by atoms with Crippen LogP contribution in [0, 0.1) is 13.8 Å². The Hall–Kier alpha value is -2.41. The van der Waals surface area contributed by atoms with Gasteiger partial charge in [0.25, 0.3) is 0 Å². The minimum atomic E-state index is -1.09. The van der Waals surface area contributed by atoms with Gasteiger partial charge in [-0.05, 0) is 37.5 Å². The number of hydrogen-bond acceptors (Lipinski definition) is 4. The third-order valence-corrected chi connectivity index (χ3v) is 3.99. The molecule has 0 fully saturated rings. The number of carboxylic acid groups (broad SMARTS) is 1. The molecule has 0 saturated carbocycles. The molecule has 1 aromatic heterocycles. The Labute approximate surface area is 126 Å². The topological polar surface area (TPSA) is 82.5 Å². The minimum Gasteiger partial charge on any atom is -0.478 e. The molecular formula is C14H15N3O3S. The highest BCUT2D eigenvalue weighted by Gasteiger charge is 2.23. The number of rotatable bonds is 3. The fourth-order valence-electron chi connectivity index (χ4n) is 1.77. The van der Waals surface area contributed by atoms with E-state index in [-0.39, 0.29) is 5.56 Å². The molecule has 2 aromatic rings. The van der Waals surface area contributed by atoms with Crippen LogP contribution in [-0.4, -0.2) is 28.5 Å². The second kappa shape index (κ2) is 5.92. The maximum Gasteiger partial charge on any atom is 0.340 e. The van der Waals surface area contributed by atoms with Crippen molar-refractivity contribution >= 4 is 34.2 Å². The molecule has 2 N–H and O–H groups in total. The lowest BCUT2D eigenvalue weighted by Gasteiger charge is -2.16. The number of hydrogen-bond donors (Lipinski definition) is 2. The molecular weight excluding hydrogens is 290 g/mol. The van der Waals surface area contributed by atoms with Gasteiger partial charge < -0.3 is 10.4 Å². The molecule has 1 heterocycles. The first kappa shape index (κ1) is 15.0. The number of nitrogens with one attached hydrogen (secondary N) is 1. The van der Waals surface area contributed by atoms with E-state index in [0.29, 0.717) is 16.4 Å². The van der Waals surface area contributed by atoms with Gasteiger partial charge in [-0.1, -0.05) is 17.7 Å². The van der Waals surface area contributed by atoms with Crippen molar-refractivity contribution in [3.63, 3.8) is 0 Å². The molecule has 21 heavy (non-hydrogen) atoms. The zero-order chi connectivity index (χ0) is 15.6. The summed E-state index contributed by atoms with van der Waals surface area (Å²) in [5, 5.41) is 12.2. The van der Waals surface area contributed by atoms with Crippen LogP contribution in [0.25, 0.3) is 0 Å². The van der Waals surface area contributed by atoms with E-state index >= 15 is 0 Å².